The molecule has 14 heteroatoms. The summed E-state index contributed by atoms with van der Waals surface area (Å²) in [5, 5.41) is 55.5. The quantitative estimate of drug-likeness (QED) is 0.0172. The summed E-state index contributed by atoms with van der Waals surface area (Å²) < 4.78 is 47.7. The Balaban J connectivity index is 2.47. The maximum absolute atomic E-state index is 13.2. The van der Waals surface area contributed by atoms with Crippen molar-refractivity contribution in [3.05, 3.63) is 12.2 Å². The summed E-state index contributed by atoms with van der Waals surface area (Å²) in [7, 11) is -5.12. The molecule has 1 aliphatic heterocycles. The van der Waals surface area contributed by atoms with E-state index in [-0.39, 0.29) is 6.42 Å². The molecule has 0 aromatic heterocycles. The van der Waals surface area contributed by atoms with Crippen molar-refractivity contribution in [3.63, 3.8) is 0 Å². The molecule has 1 aliphatic rings. The van der Waals surface area contributed by atoms with Crippen molar-refractivity contribution in [3.8, 4) is 0 Å². The van der Waals surface area contributed by atoms with E-state index in [4.69, 9.17) is 9.47 Å². The van der Waals surface area contributed by atoms with Crippen LogP contribution < -0.4 is 5.32 Å². The molecule has 1 amide bonds. The zero-order valence-electron chi connectivity index (χ0n) is 42.6. The van der Waals surface area contributed by atoms with Gasteiger partial charge in [-0.05, 0) is 19.3 Å². The molecule has 0 bridgehead atoms. The maximum atomic E-state index is 13.2. The summed E-state index contributed by atoms with van der Waals surface area (Å²) in [4.78, 5) is 13.2. The molecule has 1 saturated heterocycles. The van der Waals surface area contributed by atoms with Crippen LogP contribution in [-0.2, 0) is 28.9 Å². The van der Waals surface area contributed by atoms with Gasteiger partial charge in [0, 0.05) is 0 Å². The van der Waals surface area contributed by atoms with Gasteiger partial charge < -0.3 is 40.3 Å². The highest BCUT2D eigenvalue weighted by atomic mass is 32.3. The first-order valence-electron chi connectivity index (χ1n) is 27.7. The fraction of sp³-hybridized carbons (Fsp3) is 0.943. The van der Waals surface area contributed by atoms with Crippen molar-refractivity contribution in [1.29, 1.82) is 0 Å². The fourth-order valence-electron chi connectivity index (χ4n) is 9.05. The van der Waals surface area contributed by atoms with Gasteiger partial charge in [-0.3, -0.25) is 9.35 Å². The number of ether oxygens (including phenoxy) is 2. The molecule has 7 N–H and O–H groups in total. The van der Waals surface area contributed by atoms with Crippen molar-refractivity contribution < 1.29 is 57.0 Å². The zero-order chi connectivity index (χ0) is 49.2. The number of aliphatic hydroxyl groups is 5. The summed E-state index contributed by atoms with van der Waals surface area (Å²) >= 11 is 0. The number of nitrogens with one attached hydrogen (secondary N) is 1. The Kier molecular flexibility index (Phi) is 41.5. The number of allylic oxidation sites excluding steroid dienone is 1. The molecule has 1 fully saturated rings. The minimum atomic E-state index is -5.12. The standard InChI is InChI=1S/C53H103NO12S/c1-3-5-7-9-11-13-15-17-19-21-23-24-26-27-29-31-33-35-37-39-41-46(56)45(44-64-53-50(59)51(66-67(61,62)63)49(58)48(43-55)65-53)54-52(60)47(57)42-40-38-36-34-32-30-28-25-22-20-18-16-14-12-10-8-6-4-2/h39,41,45-51,53,55-59H,3-38,40,42-44H2,1-2H3,(H,54,60)(H,61,62,63)/b41-39+. The molecule has 398 valence electrons. The molecule has 67 heavy (non-hydrogen) atoms. The van der Waals surface area contributed by atoms with Gasteiger partial charge in [-0.1, -0.05) is 251 Å². The molecule has 0 saturated carbocycles. The molecule has 0 aromatic carbocycles. The van der Waals surface area contributed by atoms with Crippen LogP contribution in [0, 0.1) is 0 Å². The lowest BCUT2D eigenvalue weighted by molar-refractivity contribution is -0.298. The lowest BCUT2D eigenvalue weighted by Gasteiger charge is -2.41. The van der Waals surface area contributed by atoms with E-state index in [0.717, 1.165) is 38.5 Å². The monoisotopic (exact) mass is 978 g/mol. The van der Waals surface area contributed by atoms with Crippen LogP contribution in [0.3, 0.4) is 0 Å². The first kappa shape index (κ1) is 63.8. The van der Waals surface area contributed by atoms with Gasteiger partial charge in [0.2, 0.25) is 5.91 Å². The van der Waals surface area contributed by atoms with E-state index in [2.05, 4.69) is 23.3 Å². The highest BCUT2D eigenvalue weighted by Crippen LogP contribution is 2.26. The van der Waals surface area contributed by atoms with Gasteiger partial charge in [0.25, 0.3) is 0 Å². The highest BCUT2D eigenvalue weighted by Gasteiger charge is 2.48. The molecular formula is C53H103NO12S. The number of carbonyl (C=O) groups excluding carboxylic acids is 1. The number of hydrogen-bond donors (Lipinski definition) is 7. The summed E-state index contributed by atoms with van der Waals surface area (Å²) in [6.07, 6.45) is 38.5. The number of amides is 1. The van der Waals surface area contributed by atoms with E-state index in [0.29, 0.717) is 12.8 Å². The minimum absolute atomic E-state index is 0.249. The van der Waals surface area contributed by atoms with E-state index in [1.165, 1.54) is 186 Å². The van der Waals surface area contributed by atoms with E-state index in [1.54, 1.807) is 6.08 Å². The maximum Gasteiger partial charge on any atom is 0.397 e. The fourth-order valence-corrected chi connectivity index (χ4v) is 9.56. The molecule has 8 unspecified atom stereocenters. The Labute approximate surface area is 409 Å². The van der Waals surface area contributed by atoms with Crippen LogP contribution in [0.25, 0.3) is 0 Å². The van der Waals surface area contributed by atoms with Crippen LogP contribution >= 0.6 is 0 Å². The lowest BCUT2D eigenvalue weighted by Crippen LogP contribution is -2.61. The predicted molar refractivity (Wildman–Crippen MR) is 270 cm³/mol. The van der Waals surface area contributed by atoms with Gasteiger partial charge in [0.05, 0.1) is 25.4 Å². The van der Waals surface area contributed by atoms with E-state index < -0.39 is 78.5 Å². The lowest BCUT2D eigenvalue weighted by atomic mass is 9.99. The smallest absolute Gasteiger partial charge is 0.394 e. The molecule has 0 aromatic rings. The average Bonchev–Trinajstić information content (AvgIpc) is 3.30. The summed E-state index contributed by atoms with van der Waals surface area (Å²) in [5.41, 5.74) is 0. The van der Waals surface area contributed by atoms with E-state index in [1.807, 2.05) is 6.08 Å². The normalized spacial score (nSPS) is 20.4. The number of rotatable bonds is 48. The molecule has 0 aliphatic carbocycles. The molecule has 0 radical (unpaired) electrons. The topological polar surface area (TPSA) is 212 Å². The molecule has 8 atom stereocenters. The summed E-state index contributed by atoms with van der Waals surface area (Å²) in [6, 6.07) is -1.12. The number of hydrogen-bond acceptors (Lipinski definition) is 11. The van der Waals surface area contributed by atoms with Crippen molar-refractivity contribution in [2.24, 2.45) is 0 Å². The first-order valence-corrected chi connectivity index (χ1v) is 29.0. The van der Waals surface area contributed by atoms with Gasteiger partial charge in [-0.15, -0.1) is 0 Å². The molecule has 1 heterocycles. The van der Waals surface area contributed by atoms with E-state index >= 15 is 0 Å². The zero-order valence-corrected chi connectivity index (χ0v) is 43.4. The van der Waals surface area contributed by atoms with Gasteiger partial charge in [0.1, 0.15) is 30.5 Å². The Bertz CT molecular complexity index is 1260. The largest absolute Gasteiger partial charge is 0.397 e. The Morgan fingerprint density at radius 2 is 0.970 bits per heavy atom. The highest BCUT2D eigenvalue weighted by molar-refractivity contribution is 7.80. The summed E-state index contributed by atoms with van der Waals surface area (Å²) in [5.74, 6) is -0.696. The third kappa shape index (κ3) is 35.5. The third-order valence-corrected chi connectivity index (χ3v) is 13.9. The Morgan fingerprint density at radius 1 is 0.597 bits per heavy atom. The minimum Gasteiger partial charge on any atom is -0.394 e. The van der Waals surface area contributed by atoms with Crippen LogP contribution in [0.2, 0.25) is 0 Å². The second-order valence-corrected chi connectivity index (χ2v) is 20.7. The molecule has 1 rings (SSSR count). The number of unbranched alkanes of at least 4 members (excludes halogenated alkanes) is 35. The van der Waals surface area contributed by atoms with Gasteiger partial charge in [-0.2, -0.15) is 8.42 Å². The first-order chi connectivity index (χ1) is 32.4. The predicted octanol–water partition coefficient (Wildman–Crippen LogP) is 11.3. The van der Waals surface area contributed by atoms with Crippen molar-refractivity contribution in [1.82, 2.24) is 5.32 Å². The van der Waals surface area contributed by atoms with Gasteiger partial charge in [-0.25, -0.2) is 4.18 Å². The SMILES string of the molecule is CCCCCCCCCCCCCCCCCCCC/C=C/C(O)C(COC1OC(CO)C(O)C(OS(=O)(=O)O)C1O)NC(=O)C(O)CCCCCCCCCCCCCCCCCCCC. The third-order valence-electron chi connectivity index (χ3n) is 13.4. The molecule has 13 nitrogen and oxygen atoms in total. The van der Waals surface area contributed by atoms with Crippen molar-refractivity contribution >= 4 is 16.3 Å². The van der Waals surface area contributed by atoms with Crippen LogP contribution in [0.1, 0.15) is 258 Å². The van der Waals surface area contributed by atoms with Crippen molar-refractivity contribution in [2.45, 2.75) is 307 Å². The Morgan fingerprint density at radius 3 is 1.34 bits per heavy atom. The van der Waals surface area contributed by atoms with Crippen LogP contribution in [0.5, 0.6) is 0 Å². The van der Waals surface area contributed by atoms with Gasteiger partial charge >= 0.3 is 10.4 Å². The van der Waals surface area contributed by atoms with Crippen molar-refractivity contribution in [2.75, 3.05) is 13.2 Å². The molecule has 0 spiro atoms. The average molecular weight is 978 g/mol. The summed E-state index contributed by atoms with van der Waals surface area (Å²) in [6.45, 7) is 3.27. The van der Waals surface area contributed by atoms with Crippen LogP contribution in [-0.4, -0.2) is 107 Å². The second kappa shape index (κ2) is 43.6. The van der Waals surface area contributed by atoms with Crippen LogP contribution in [0.4, 0.5) is 0 Å². The van der Waals surface area contributed by atoms with Gasteiger partial charge in [0.15, 0.2) is 6.29 Å². The second-order valence-electron chi connectivity index (χ2n) is 19.7. The Hall–Kier alpha value is -1.20. The van der Waals surface area contributed by atoms with Crippen LogP contribution in [0.15, 0.2) is 12.2 Å². The molecular weight excluding hydrogens is 875 g/mol. The number of carbonyl (C=O) groups is 1. The van der Waals surface area contributed by atoms with E-state index in [9.17, 15) is 43.3 Å². The number of aliphatic hydroxyl groups excluding tert-OH is 5.